The first-order valence-corrected chi connectivity index (χ1v) is 8.85. The van der Waals surface area contributed by atoms with Gasteiger partial charge in [-0.3, -0.25) is 9.59 Å². The van der Waals surface area contributed by atoms with Gasteiger partial charge in [0.1, 0.15) is 11.6 Å². The van der Waals surface area contributed by atoms with Crippen LogP contribution in [0.1, 0.15) is 30.1 Å². The number of likely N-dealkylation sites (tertiary alicyclic amines) is 2. The van der Waals surface area contributed by atoms with Gasteiger partial charge in [0.25, 0.3) is 5.91 Å². The van der Waals surface area contributed by atoms with E-state index in [2.05, 4.69) is 0 Å². The number of carbonyl (C=O) groups is 2. The molecule has 1 spiro atoms. The van der Waals surface area contributed by atoms with E-state index in [4.69, 9.17) is 4.74 Å². The monoisotopic (exact) mass is 366 g/mol. The van der Waals surface area contributed by atoms with E-state index in [1.54, 1.807) is 18.9 Å². The van der Waals surface area contributed by atoms with Crippen LogP contribution in [0.15, 0.2) is 18.2 Å². The molecule has 1 aromatic rings. The largest absolute Gasteiger partial charge is 0.384 e. The summed E-state index contributed by atoms with van der Waals surface area (Å²) in [6.07, 6.45) is 1.47. The van der Waals surface area contributed by atoms with E-state index >= 15 is 0 Å². The molecular weight excluding hydrogens is 342 g/mol. The lowest BCUT2D eigenvalue weighted by atomic mass is 9.71. The van der Waals surface area contributed by atoms with Crippen molar-refractivity contribution in [2.24, 2.45) is 11.3 Å². The number of piperidine rings is 1. The predicted octanol–water partition coefficient (Wildman–Crippen LogP) is 2.31. The van der Waals surface area contributed by atoms with Crippen LogP contribution in [0.5, 0.6) is 0 Å². The fraction of sp³-hybridized carbons (Fsp3) is 0.579. The van der Waals surface area contributed by atoms with Gasteiger partial charge in [0.15, 0.2) is 0 Å². The van der Waals surface area contributed by atoms with Crippen molar-refractivity contribution in [3.05, 3.63) is 35.4 Å². The summed E-state index contributed by atoms with van der Waals surface area (Å²) >= 11 is 0. The van der Waals surface area contributed by atoms with E-state index in [0.717, 1.165) is 25.0 Å². The SMILES string of the molecule is COCC1CN(C(C)=O)CC12CCN(C(=O)c1ccc(F)cc1F)CC2. The Balaban J connectivity index is 1.71. The van der Waals surface area contributed by atoms with Crippen molar-refractivity contribution in [2.75, 3.05) is 39.9 Å². The maximum Gasteiger partial charge on any atom is 0.256 e. The Hall–Kier alpha value is -2.02. The predicted molar refractivity (Wildman–Crippen MR) is 91.5 cm³/mol. The third kappa shape index (κ3) is 3.45. The Morgan fingerprint density at radius 3 is 2.50 bits per heavy atom. The number of benzene rings is 1. The van der Waals surface area contributed by atoms with E-state index in [9.17, 15) is 18.4 Å². The number of amides is 2. The zero-order valence-corrected chi connectivity index (χ0v) is 15.1. The van der Waals surface area contributed by atoms with Gasteiger partial charge in [0, 0.05) is 52.2 Å². The van der Waals surface area contributed by atoms with Gasteiger partial charge in [-0.15, -0.1) is 0 Å². The van der Waals surface area contributed by atoms with Gasteiger partial charge < -0.3 is 14.5 Å². The van der Waals surface area contributed by atoms with Crippen LogP contribution in [0.2, 0.25) is 0 Å². The number of carbonyl (C=O) groups excluding carboxylic acids is 2. The van der Waals surface area contributed by atoms with Crippen LogP contribution in [0.25, 0.3) is 0 Å². The highest BCUT2D eigenvalue weighted by atomic mass is 19.1. The Labute approximate surface area is 151 Å². The second-order valence-electron chi connectivity index (χ2n) is 7.33. The molecule has 7 heteroatoms. The smallest absolute Gasteiger partial charge is 0.256 e. The maximum absolute atomic E-state index is 13.9. The van der Waals surface area contributed by atoms with Crippen LogP contribution in [0.3, 0.4) is 0 Å². The Morgan fingerprint density at radius 2 is 1.92 bits per heavy atom. The van der Waals surface area contributed by atoms with Crippen LogP contribution >= 0.6 is 0 Å². The summed E-state index contributed by atoms with van der Waals surface area (Å²) in [6, 6.07) is 3.02. The van der Waals surface area contributed by atoms with Crippen molar-refractivity contribution in [3.63, 3.8) is 0 Å². The highest BCUT2D eigenvalue weighted by molar-refractivity contribution is 5.94. The number of ether oxygens (including phenoxy) is 1. The number of nitrogens with zero attached hydrogens (tertiary/aromatic N) is 2. The molecule has 1 aromatic carbocycles. The van der Waals surface area contributed by atoms with Crippen molar-refractivity contribution in [1.29, 1.82) is 0 Å². The van der Waals surface area contributed by atoms with E-state index in [1.165, 1.54) is 6.07 Å². The van der Waals surface area contributed by atoms with Crippen LogP contribution in [0.4, 0.5) is 8.78 Å². The molecule has 142 valence electrons. The summed E-state index contributed by atoms with van der Waals surface area (Å²) in [5.41, 5.74) is -0.174. The number of halogens is 2. The highest BCUT2D eigenvalue weighted by Gasteiger charge is 2.49. The number of rotatable bonds is 3. The van der Waals surface area contributed by atoms with Gasteiger partial charge in [0.05, 0.1) is 12.2 Å². The molecule has 2 fully saturated rings. The average molecular weight is 366 g/mol. The van der Waals surface area contributed by atoms with Crippen molar-refractivity contribution >= 4 is 11.8 Å². The second kappa shape index (κ2) is 7.31. The molecule has 1 unspecified atom stereocenters. The molecule has 26 heavy (non-hydrogen) atoms. The molecule has 0 bridgehead atoms. The minimum Gasteiger partial charge on any atom is -0.384 e. The second-order valence-corrected chi connectivity index (χ2v) is 7.33. The van der Waals surface area contributed by atoms with E-state index < -0.39 is 17.5 Å². The Kier molecular flexibility index (Phi) is 5.27. The lowest BCUT2D eigenvalue weighted by Gasteiger charge is -2.42. The zero-order chi connectivity index (χ0) is 18.9. The molecule has 3 rings (SSSR count). The van der Waals surface area contributed by atoms with E-state index in [-0.39, 0.29) is 22.8 Å². The average Bonchev–Trinajstić information content (AvgIpc) is 2.94. The number of hydrogen-bond donors (Lipinski definition) is 0. The molecule has 2 aliphatic heterocycles. The fourth-order valence-corrected chi connectivity index (χ4v) is 4.26. The summed E-state index contributed by atoms with van der Waals surface area (Å²) in [5.74, 6) is -1.67. The van der Waals surface area contributed by atoms with Crippen molar-refractivity contribution < 1.29 is 23.1 Å². The third-order valence-electron chi connectivity index (χ3n) is 5.83. The molecule has 0 saturated carbocycles. The lowest BCUT2D eigenvalue weighted by Crippen LogP contribution is -2.47. The van der Waals surface area contributed by atoms with Crippen molar-refractivity contribution in [1.82, 2.24) is 9.80 Å². The third-order valence-corrected chi connectivity index (χ3v) is 5.83. The molecule has 0 N–H and O–H groups in total. The summed E-state index contributed by atoms with van der Waals surface area (Å²) in [4.78, 5) is 27.8. The molecule has 5 nitrogen and oxygen atoms in total. The molecule has 2 aliphatic rings. The molecule has 0 aliphatic carbocycles. The van der Waals surface area contributed by atoms with Gasteiger partial charge in [-0.1, -0.05) is 0 Å². The summed E-state index contributed by atoms with van der Waals surface area (Å²) < 4.78 is 32.3. The first kappa shape index (κ1) is 18.8. The fourth-order valence-electron chi connectivity index (χ4n) is 4.26. The molecule has 2 saturated heterocycles. The summed E-state index contributed by atoms with van der Waals surface area (Å²) in [7, 11) is 1.65. The van der Waals surface area contributed by atoms with Gasteiger partial charge >= 0.3 is 0 Å². The van der Waals surface area contributed by atoms with Crippen LogP contribution < -0.4 is 0 Å². The molecule has 1 atom stereocenters. The molecule has 2 amide bonds. The van der Waals surface area contributed by atoms with Gasteiger partial charge in [0.2, 0.25) is 5.91 Å². The van der Waals surface area contributed by atoms with Crippen LogP contribution in [-0.2, 0) is 9.53 Å². The van der Waals surface area contributed by atoms with Gasteiger partial charge in [-0.05, 0) is 30.4 Å². The summed E-state index contributed by atoms with van der Waals surface area (Å²) in [5, 5.41) is 0. The Bertz CT molecular complexity index is 702. The van der Waals surface area contributed by atoms with E-state index in [1.807, 2.05) is 4.90 Å². The zero-order valence-electron chi connectivity index (χ0n) is 15.1. The topological polar surface area (TPSA) is 49.9 Å². The normalized spacial score (nSPS) is 22.1. The molecular formula is C19H24F2N2O3. The first-order valence-electron chi connectivity index (χ1n) is 8.85. The van der Waals surface area contributed by atoms with Crippen molar-refractivity contribution in [3.8, 4) is 0 Å². The Morgan fingerprint density at radius 1 is 1.23 bits per heavy atom. The molecule has 0 radical (unpaired) electrons. The van der Waals surface area contributed by atoms with E-state index in [0.29, 0.717) is 32.8 Å². The minimum absolute atomic E-state index is 0.0508. The molecule has 0 aromatic heterocycles. The van der Waals surface area contributed by atoms with Gasteiger partial charge in [-0.25, -0.2) is 8.78 Å². The van der Waals surface area contributed by atoms with Gasteiger partial charge in [-0.2, -0.15) is 0 Å². The molecule has 2 heterocycles. The quantitative estimate of drug-likeness (QED) is 0.825. The first-order chi connectivity index (χ1) is 12.4. The summed E-state index contributed by atoms with van der Waals surface area (Å²) in [6.45, 7) is 4.46. The standard InChI is InChI=1S/C19H24F2N2O3/c1-13(24)23-10-14(11-26-2)19(12-23)5-7-22(8-6-19)18(25)16-4-3-15(20)9-17(16)21/h3-4,9,14H,5-8,10-12H2,1-2H3. The highest BCUT2D eigenvalue weighted by Crippen LogP contribution is 2.45. The maximum atomic E-state index is 13.9. The van der Waals surface area contributed by atoms with Crippen molar-refractivity contribution in [2.45, 2.75) is 19.8 Å². The number of methoxy groups -OCH3 is 1. The minimum atomic E-state index is -0.837. The van der Waals surface area contributed by atoms with Crippen LogP contribution in [0, 0.1) is 23.0 Å². The van der Waals surface area contributed by atoms with Crippen LogP contribution in [-0.4, -0.2) is 61.5 Å². The number of hydrogen-bond acceptors (Lipinski definition) is 3. The lowest BCUT2D eigenvalue weighted by molar-refractivity contribution is -0.128.